The Morgan fingerprint density at radius 1 is 1.07 bits per heavy atom. The predicted molar refractivity (Wildman–Crippen MR) is 121 cm³/mol. The molecule has 30 heavy (non-hydrogen) atoms. The second kappa shape index (κ2) is 9.26. The highest BCUT2D eigenvalue weighted by Crippen LogP contribution is 2.31. The normalized spacial score (nSPS) is 15.7. The Kier molecular flexibility index (Phi) is 6.28. The molecular weight excluding hydrogens is 396 g/mol. The number of piperidine rings is 1. The molecule has 2 N–H and O–H groups in total. The van der Waals surface area contributed by atoms with Crippen LogP contribution in [-0.2, 0) is 9.59 Å². The van der Waals surface area contributed by atoms with Crippen LogP contribution in [0.5, 0.6) is 0 Å². The van der Waals surface area contributed by atoms with E-state index in [4.69, 9.17) is 4.98 Å². The van der Waals surface area contributed by atoms with Crippen LogP contribution < -0.4 is 15.5 Å². The van der Waals surface area contributed by atoms with Crippen molar-refractivity contribution in [2.24, 2.45) is 5.92 Å². The van der Waals surface area contributed by atoms with Crippen molar-refractivity contribution in [2.75, 3.05) is 24.5 Å². The van der Waals surface area contributed by atoms with E-state index in [1.807, 2.05) is 55.5 Å². The molecule has 7 heteroatoms. The van der Waals surface area contributed by atoms with Crippen molar-refractivity contribution >= 4 is 38.5 Å². The molecule has 1 aliphatic heterocycles. The zero-order chi connectivity index (χ0) is 20.9. The SMILES string of the molecule is CC(NC(=O)C(=O)NCC1CCN(c2nc3ccccc3s2)CC1)c1ccccc1. The molecule has 2 amide bonds. The van der Waals surface area contributed by atoms with Crippen molar-refractivity contribution in [3.8, 4) is 0 Å². The van der Waals surface area contributed by atoms with Crippen molar-refractivity contribution in [3.05, 3.63) is 60.2 Å². The number of amides is 2. The first-order chi connectivity index (χ1) is 14.6. The van der Waals surface area contributed by atoms with E-state index < -0.39 is 11.8 Å². The second-order valence-electron chi connectivity index (χ2n) is 7.71. The van der Waals surface area contributed by atoms with E-state index in [1.165, 1.54) is 4.70 Å². The van der Waals surface area contributed by atoms with E-state index in [1.54, 1.807) is 11.3 Å². The molecule has 1 atom stereocenters. The molecule has 1 unspecified atom stereocenters. The molecule has 0 radical (unpaired) electrons. The molecule has 1 fully saturated rings. The number of para-hydroxylation sites is 1. The standard InChI is InChI=1S/C23H26N4O2S/c1-16(18-7-3-2-4-8-18)25-22(29)21(28)24-15-17-11-13-27(14-12-17)23-26-19-9-5-6-10-20(19)30-23/h2-10,16-17H,11-15H2,1H3,(H,24,28)(H,25,29). The molecule has 156 valence electrons. The fourth-order valence-corrected chi connectivity index (χ4v) is 4.75. The van der Waals surface area contributed by atoms with Crippen LogP contribution in [-0.4, -0.2) is 36.4 Å². The second-order valence-corrected chi connectivity index (χ2v) is 8.72. The fourth-order valence-electron chi connectivity index (χ4n) is 3.73. The van der Waals surface area contributed by atoms with Crippen LogP contribution in [0.1, 0.15) is 31.4 Å². The Morgan fingerprint density at radius 2 is 1.77 bits per heavy atom. The minimum Gasteiger partial charge on any atom is -0.348 e. The zero-order valence-electron chi connectivity index (χ0n) is 17.0. The Labute approximate surface area is 180 Å². The van der Waals surface area contributed by atoms with E-state index in [0.717, 1.165) is 42.1 Å². The first-order valence-electron chi connectivity index (χ1n) is 10.3. The molecule has 2 aromatic carbocycles. The molecule has 1 aliphatic rings. The van der Waals surface area contributed by atoms with E-state index in [-0.39, 0.29) is 6.04 Å². The van der Waals surface area contributed by atoms with Gasteiger partial charge in [-0.1, -0.05) is 53.8 Å². The lowest BCUT2D eigenvalue weighted by molar-refractivity contribution is -0.139. The first-order valence-corrected chi connectivity index (χ1v) is 11.2. The minimum atomic E-state index is -0.585. The highest BCUT2D eigenvalue weighted by molar-refractivity contribution is 7.22. The van der Waals surface area contributed by atoms with Gasteiger partial charge in [0.25, 0.3) is 0 Å². The number of carbonyl (C=O) groups excluding carboxylic acids is 2. The van der Waals surface area contributed by atoms with Gasteiger partial charge in [0, 0.05) is 19.6 Å². The topological polar surface area (TPSA) is 74.3 Å². The number of thiazole rings is 1. The number of nitrogens with one attached hydrogen (secondary N) is 2. The van der Waals surface area contributed by atoms with Crippen molar-refractivity contribution in [1.29, 1.82) is 0 Å². The van der Waals surface area contributed by atoms with Crippen LogP contribution in [0.4, 0.5) is 5.13 Å². The highest BCUT2D eigenvalue weighted by Gasteiger charge is 2.23. The Bertz CT molecular complexity index is 979. The van der Waals surface area contributed by atoms with Crippen LogP contribution in [0.2, 0.25) is 0 Å². The molecule has 1 saturated heterocycles. The summed E-state index contributed by atoms with van der Waals surface area (Å²) in [5.41, 5.74) is 2.02. The maximum absolute atomic E-state index is 12.2. The smallest absolute Gasteiger partial charge is 0.309 e. The third-order valence-corrected chi connectivity index (χ3v) is 6.67. The largest absolute Gasteiger partial charge is 0.348 e. The van der Waals surface area contributed by atoms with E-state index >= 15 is 0 Å². The summed E-state index contributed by atoms with van der Waals surface area (Å²) in [6, 6.07) is 17.6. The van der Waals surface area contributed by atoms with Gasteiger partial charge in [-0.3, -0.25) is 9.59 Å². The zero-order valence-corrected chi connectivity index (χ0v) is 17.8. The molecule has 3 aromatic rings. The molecule has 0 aliphatic carbocycles. The van der Waals surface area contributed by atoms with Crippen LogP contribution in [0.15, 0.2) is 54.6 Å². The minimum absolute atomic E-state index is 0.207. The van der Waals surface area contributed by atoms with Gasteiger partial charge in [-0.2, -0.15) is 0 Å². The number of hydrogen-bond donors (Lipinski definition) is 2. The molecule has 0 spiro atoms. The molecule has 6 nitrogen and oxygen atoms in total. The number of anilines is 1. The molecule has 0 bridgehead atoms. The van der Waals surface area contributed by atoms with Crippen LogP contribution in [0.3, 0.4) is 0 Å². The fraction of sp³-hybridized carbons (Fsp3) is 0.348. The van der Waals surface area contributed by atoms with Gasteiger partial charge in [0.1, 0.15) is 0 Å². The van der Waals surface area contributed by atoms with Gasteiger partial charge >= 0.3 is 11.8 Å². The molecule has 0 saturated carbocycles. The third kappa shape index (κ3) is 4.79. The summed E-state index contributed by atoms with van der Waals surface area (Å²) in [6.07, 6.45) is 1.94. The summed E-state index contributed by atoms with van der Waals surface area (Å²) in [5, 5.41) is 6.62. The highest BCUT2D eigenvalue weighted by atomic mass is 32.1. The van der Waals surface area contributed by atoms with Gasteiger partial charge in [0.15, 0.2) is 5.13 Å². The summed E-state index contributed by atoms with van der Waals surface area (Å²) >= 11 is 1.72. The lowest BCUT2D eigenvalue weighted by atomic mass is 9.97. The average molecular weight is 423 g/mol. The number of hydrogen-bond acceptors (Lipinski definition) is 5. The van der Waals surface area contributed by atoms with Crippen LogP contribution >= 0.6 is 11.3 Å². The predicted octanol–water partition coefficient (Wildman–Crippen LogP) is 3.51. The van der Waals surface area contributed by atoms with Gasteiger partial charge < -0.3 is 15.5 Å². The van der Waals surface area contributed by atoms with Crippen molar-refractivity contribution in [2.45, 2.75) is 25.8 Å². The summed E-state index contributed by atoms with van der Waals surface area (Å²) in [6.45, 7) is 4.23. The summed E-state index contributed by atoms with van der Waals surface area (Å²) in [5.74, 6) is -0.774. The lowest BCUT2D eigenvalue weighted by Gasteiger charge is -2.31. The van der Waals surface area contributed by atoms with Crippen LogP contribution in [0, 0.1) is 5.92 Å². The number of carbonyl (C=O) groups is 2. The monoisotopic (exact) mass is 422 g/mol. The van der Waals surface area contributed by atoms with E-state index in [9.17, 15) is 9.59 Å². The quantitative estimate of drug-likeness (QED) is 0.617. The van der Waals surface area contributed by atoms with Gasteiger partial charge in [-0.05, 0) is 43.4 Å². The Hall–Kier alpha value is -2.93. The maximum atomic E-state index is 12.2. The van der Waals surface area contributed by atoms with Crippen molar-refractivity contribution in [1.82, 2.24) is 15.6 Å². The average Bonchev–Trinajstić information content (AvgIpc) is 3.22. The summed E-state index contributed by atoms with van der Waals surface area (Å²) < 4.78 is 1.21. The van der Waals surface area contributed by atoms with Crippen molar-refractivity contribution in [3.63, 3.8) is 0 Å². The van der Waals surface area contributed by atoms with Gasteiger partial charge in [0.2, 0.25) is 0 Å². The number of aromatic nitrogens is 1. The van der Waals surface area contributed by atoms with Crippen molar-refractivity contribution < 1.29 is 9.59 Å². The molecule has 2 heterocycles. The van der Waals surface area contributed by atoms with Gasteiger partial charge in [0.05, 0.1) is 16.3 Å². The number of benzene rings is 2. The Balaban J connectivity index is 1.22. The van der Waals surface area contributed by atoms with E-state index in [2.05, 4.69) is 21.6 Å². The van der Waals surface area contributed by atoms with E-state index in [0.29, 0.717) is 12.5 Å². The third-order valence-electron chi connectivity index (χ3n) is 5.57. The molecule has 1 aromatic heterocycles. The summed E-state index contributed by atoms with van der Waals surface area (Å²) in [4.78, 5) is 31.4. The first kappa shape index (κ1) is 20.3. The number of fused-ring (bicyclic) bond motifs is 1. The number of nitrogens with zero attached hydrogens (tertiary/aromatic N) is 2. The van der Waals surface area contributed by atoms with Crippen LogP contribution in [0.25, 0.3) is 10.2 Å². The lowest BCUT2D eigenvalue weighted by Crippen LogP contribution is -2.44. The molecular formula is C23H26N4O2S. The number of rotatable bonds is 5. The Morgan fingerprint density at radius 3 is 2.50 bits per heavy atom. The van der Waals surface area contributed by atoms with Gasteiger partial charge in [-0.15, -0.1) is 0 Å². The maximum Gasteiger partial charge on any atom is 0.309 e. The van der Waals surface area contributed by atoms with Gasteiger partial charge in [-0.25, -0.2) is 4.98 Å². The molecule has 4 rings (SSSR count). The summed E-state index contributed by atoms with van der Waals surface area (Å²) in [7, 11) is 0.